The van der Waals surface area contributed by atoms with E-state index in [2.05, 4.69) is 11.9 Å². The van der Waals surface area contributed by atoms with Crippen LogP contribution < -0.4 is 5.73 Å². The first-order valence-electron chi connectivity index (χ1n) is 8.62. The van der Waals surface area contributed by atoms with Crippen molar-refractivity contribution in [3.63, 3.8) is 0 Å². The summed E-state index contributed by atoms with van der Waals surface area (Å²) in [7, 11) is -3.59. The predicted octanol–water partition coefficient (Wildman–Crippen LogP) is 2.71. The number of rotatable bonds is 5. The highest BCUT2D eigenvalue weighted by Gasteiger charge is 2.37. The summed E-state index contributed by atoms with van der Waals surface area (Å²) in [4.78, 5) is 4.39. The summed E-state index contributed by atoms with van der Waals surface area (Å²) in [6.07, 6.45) is 3.56. The largest absolute Gasteiger partial charge is 0.441 e. The Hall–Kier alpha value is -1.70. The van der Waals surface area contributed by atoms with Crippen LogP contribution in [0, 0.1) is 19.8 Å². The van der Waals surface area contributed by atoms with Gasteiger partial charge in [0.25, 0.3) is 0 Å². The third-order valence-electron chi connectivity index (χ3n) is 4.83. The number of aryl methyl sites for hydroxylation is 2. The summed E-state index contributed by atoms with van der Waals surface area (Å²) >= 11 is 0. The average Bonchev–Trinajstić information content (AvgIpc) is 3.15. The van der Waals surface area contributed by atoms with Gasteiger partial charge in [0.2, 0.25) is 10.0 Å². The minimum Gasteiger partial charge on any atom is -0.441 e. The zero-order chi connectivity index (χ0) is 18.2. The van der Waals surface area contributed by atoms with E-state index in [1.54, 1.807) is 25.3 Å². The predicted molar refractivity (Wildman–Crippen MR) is 96.5 cm³/mol. The first-order chi connectivity index (χ1) is 11.8. The smallest absolute Gasteiger partial charge is 0.243 e. The van der Waals surface area contributed by atoms with E-state index < -0.39 is 10.0 Å². The molecule has 0 bridgehead atoms. The van der Waals surface area contributed by atoms with E-state index >= 15 is 0 Å². The van der Waals surface area contributed by atoms with Gasteiger partial charge in [-0.1, -0.05) is 25.5 Å². The Morgan fingerprint density at radius 1 is 1.32 bits per heavy atom. The van der Waals surface area contributed by atoms with Gasteiger partial charge in [-0.15, -0.1) is 0 Å². The lowest BCUT2D eigenvalue weighted by Crippen LogP contribution is -2.32. The van der Waals surface area contributed by atoms with Crippen LogP contribution in [-0.2, 0) is 10.0 Å². The molecule has 2 atom stereocenters. The molecular formula is C18H25N3O3S. The number of hydrogen-bond acceptors (Lipinski definition) is 5. The molecule has 0 radical (unpaired) electrons. The quantitative estimate of drug-likeness (QED) is 0.882. The van der Waals surface area contributed by atoms with E-state index in [0.717, 1.165) is 12.8 Å². The number of benzene rings is 1. The van der Waals surface area contributed by atoms with Crippen molar-refractivity contribution < 1.29 is 12.8 Å². The summed E-state index contributed by atoms with van der Waals surface area (Å²) in [6, 6.07) is 5.22. The second kappa shape index (κ2) is 6.90. The zero-order valence-corrected chi connectivity index (χ0v) is 15.7. The van der Waals surface area contributed by atoms with Crippen molar-refractivity contribution in [2.75, 3.05) is 13.1 Å². The minimum absolute atomic E-state index is 0.102. The molecular weight excluding hydrogens is 338 g/mol. The standard InChI is InChI=1S/C18H25N3O3S/c1-4-5-15-10-21(11-16(15)19)25(22,23)18-8-14(7-6-12(18)2)17-9-20-13(3)24-17/h6-9,15-16H,4-5,10-11,19H2,1-3H3/t15-,16-/m1/s1. The van der Waals surface area contributed by atoms with Crippen molar-refractivity contribution in [1.82, 2.24) is 9.29 Å². The summed E-state index contributed by atoms with van der Waals surface area (Å²) < 4.78 is 33.4. The maximum absolute atomic E-state index is 13.2. The molecule has 7 heteroatoms. The highest BCUT2D eigenvalue weighted by molar-refractivity contribution is 7.89. The van der Waals surface area contributed by atoms with Gasteiger partial charge in [0, 0.05) is 31.6 Å². The molecule has 1 saturated heterocycles. The Morgan fingerprint density at radius 2 is 2.08 bits per heavy atom. The summed E-state index contributed by atoms with van der Waals surface area (Å²) in [5.41, 5.74) is 7.58. The van der Waals surface area contributed by atoms with Crippen molar-refractivity contribution in [2.24, 2.45) is 11.7 Å². The van der Waals surface area contributed by atoms with E-state index in [1.807, 2.05) is 13.0 Å². The second-order valence-electron chi connectivity index (χ2n) is 6.76. The van der Waals surface area contributed by atoms with Crippen LogP contribution in [0.4, 0.5) is 0 Å². The second-order valence-corrected chi connectivity index (χ2v) is 8.66. The highest BCUT2D eigenvalue weighted by Crippen LogP contribution is 2.31. The molecule has 0 unspecified atom stereocenters. The number of nitrogens with two attached hydrogens (primary N) is 1. The van der Waals surface area contributed by atoms with E-state index in [1.165, 1.54) is 4.31 Å². The number of hydrogen-bond donors (Lipinski definition) is 1. The molecule has 136 valence electrons. The van der Waals surface area contributed by atoms with Crippen LogP contribution in [0.3, 0.4) is 0 Å². The molecule has 1 fully saturated rings. The summed E-state index contributed by atoms with van der Waals surface area (Å²) in [5, 5.41) is 0. The molecule has 25 heavy (non-hydrogen) atoms. The van der Waals surface area contributed by atoms with E-state index in [-0.39, 0.29) is 12.0 Å². The molecule has 2 N–H and O–H groups in total. The normalized spacial score (nSPS) is 21.8. The lowest BCUT2D eigenvalue weighted by Gasteiger charge is -2.18. The number of aromatic nitrogens is 1. The SMILES string of the molecule is CCC[C@@H]1CN(S(=O)(=O)c2cc(-c3cnc(C)o3)ccc2C)C[C@H]1N. The van der Waals surface area contributed by atoms with Crippen LogP contribution in [0.1, 0.15) is 31.2 Å². The first-order valence-corrected chi connectivity index (χ1v) is 10.1. The fraction of sp³-hybridized carbons (Fsp3) is 0.500. The average molecular weight is 363 g/mol. The van der Waals surface area contributed by atoms with Crippen LogP contribution in [0.2, 0.25) is 0 Å². The Balaban J connectivity index is 1.95. The molecule has 0 aliphatic carbocycles. The van der Waals surface area contributed by atoms with Crippen molar-refractivity contribution in [2.45, 2.75) is 44.6 Å². The van der Waals surface area contributed by atoms with Gasteiger partial charge in [0.15, 0.2) is 11.7 Å². The zero-order valence-electron chi connectivity index (χ0n) is 14.9. The van der Waals surface area contributed by atoms with Crippen molar-refractivity contribution in [3.05, 3.63) is 35.9 Å². The lowest BCUT2D eigenvalue weighted by molar-refractivity contribution is 0.439. The molecule has 2 aromatic rings. The Bertz CT molecular complexity index is 860. The Kier molecular flexibility index (Phi) is 4.99. The van der Waals surface area contributed by atoms with Crippen LogP contribution in [0.15, 0.2) is 33.7 Å². The van der Waals surface area contributed by atoms with Crippen molar-refractivity contribution in [1.29, 1.82) is 0 Å². The third-order valence-corrected chi connectivity index (χ3v) is 6.80. The maximum Gasteiger partial charge on any atom is 0.243 e. The van der Waals surface area contributed by atoms with Crippen LogP contribution in [-0.4, -0.2) is 36.8 Å². The maximum atomic E-state index is 13.2. The number of nitrogens with zero attached hydrogens (tertiary/aromatic N) is 2. The topological polar surface area (TPSA) is 89.4 Å². The first kappa shape index (κ1) is 18.1. The molecule has 0 spiro atoms. The summed E-state index contributed by atoms with van der Waals surface area (Å²) in [6.45, 7) is 6.52. The Morgan fingerprint density at radius 3 is 2.72 bits per heavy atom. The van der Waals surface area contributed by atoms with Crippen LogP contribution in [0.5, 0.6) is 0 Å². The molecule has 3 rings (SSSR count). The van der Waals surface area contributed by atoms with E-state index in [0.29, 0.717) is 40.8 Å². The van der Waals surface area contributed by atoms with Gasteiger partial charge in [-0.2, -0.15) is 4.31 Å². The van der Waals surface area contributed by atoms with Gasteiger partial charge in [-0.05, 0) is 30.9 Å². The lowest BCUT2D eigenvalue weighted by atomic mass is 9.99. The van der Waals surface area contributed by atoms with E-state index in [4.69, 9.17) is 10.2 Å². The monoisotopic (exact) mass is 363 g/mol. The van der Waals surface area contributed by atoms with Gasteiger partial charge in [-0.25, -0.2) is 13.4 Å². The van der Waals surface area contributed by atoms with Crippen LogP contribution in [0.25, 0.3) is 11.3 Å². The fourth-order valence-electron chi connectivity index (χ4n) is 3.39. The molecule has 1 aromatic carbocycles. The Labute approximate surface area is 149 Å². The van der Waals surface area contributed by atoms with Crippen molar-refractivity contribution in [3.8, 4) is 11.3 Å². The molecule has 0 amide bonds. The summed E-state index contributed by atoms with van der Waals surface area (Å²) in [5.74, 6) is 1.34. The van der Waals surface area contributed by atoms with Crippen molar-refractivity contribution >= 4 is 10.0 Å². The van der Waals surface area contributed by atoms with Gasteiger partial charge in [0.05, 0.1) is 11.1 Å². The molecule has 2 heterocycles. The van der Waals surface area contributed by atoms with E-state index in [9.17, 15) is 8.42 Å². The molecule has 1 aliphatic heterocycles. The minimum atomic E-state index is -3.59. The molecule has 1 aromatic heterocycles. The molecule has 6 nitrogen and oxygen atoms in total. The molecule has 1 aliphatic rings. The fourth-order valence-corrected chi connectivity index (χ4v) is 5.18. The number of sulfonamides is 1. The highest BCUT2D eigenvalue weighted by atomic mass is 32.2. The van der Waals surface area contributed by atoms with Crippen LogP contribution >= 0.6 is 0 Å². The third kappa shape index (κ3) is 3.49. The molecule has 0 saturated carbocycles. The number of oxazole rings is 1. The van der Waals surface area contributed by atoms with Gasteiger partial charge < -0.3 is 10.2 Å². The van der Waals surface area contributed by atoms with Gasteiger partial charge >= 0.3 is 0 Å². The van der Waals surface area contributed by atoms with Gasteiger partial charge in [0.1, 0.15) is 0 Å². The van der Waals surface area contributed by atoms with Gasteiger partial charge in [-0.3, -0.25) is 0 Å².